The van der Waals surface area contributed by atoms with E-state index in [1.54, 1.807) is 48.5 Å². The topological polar surface area (TPSA) is 76.2 Å². The van der Waals surface area contributed by atoms with Crippen LogP contribution in [0.25, 0.3) is 10.9 Å². The number of pyridine rings is 1. The number of ether oxygens (including phenoxy) is 1. The molecule has 2 aromatic carbocycles. The van der Waals surface area contributed by atoms with Crippen LogP contribution in [0.1, 0.15) is 20.8 Å². The predicted molar refractivity (Wildman–Crippen MR) is 93.3 cm³/mol. The van der Waals surface area contributed by atoms with Crippen LogP contribution in [0.3, 0.4) is 0 Å². The number of esters is 1. The van der Waals surface area contributed by atoms with Gasteiger partial charge in [-0.15, -0.1) is 0 Å². The van der Waals surface area contributed by atoms with Gasteiger partial charge in [-0.3, -0.25) is 9.59 Å². The molecule has 0 aliphatic rings. The fraction of sp³-hybridized carbons (Fsp3) is 0.0556. The maximum atomic E-state index is 12.1. The van der Waals surface area contributed by atoms with E-state index in [2.05, 4.69) is 20.9 Å². The van der Waals surface area contributed by atoms with Gasteiger partial charge in [-0.05, 0) is 24.3 Å². The van der Waals surface area contributed by atoms with Crippen LogP contribution in [-0.2, 0) is 4.74 Å². The van der Waals surface area contributed by atoms with Gasteiger partial charge in [0.25, 0.3) is 0 Å². The van der Waals surface area contributed by atoms with Crippen molar-refractivity contribution < 1.29 is 14.3 Å². The van der Waals surface area contributed by atoms with E-state index in [0.29, 0.717) is 16.5 Å². The van der Waals surface area contributed by atoms with Gasteiger partial charge in [0.05, 0.1) is 0 Å². The number of halogens is 1. The molecule has 3 rings (SSSR count). The van der Waals surface area contributed by atoms with Crippen molar-refractivity contribution in [3.8, 4) is 0 Å². The Morgan fingerprint density at radius 2 is 1.83 bits per heavy atom. The average Bonchev–Trinajstić information content (AvgIpc) is 2.59. The summed E-state index contributed by atoms with van der Waals surface area (Å²) in [7, 11) is 0. The van der Waals surface area contributed by atoms with Crippen molar-refractivity contribution in [2.75, 3.05) is 6.61 Å². The molecule has 0 fully saturated rings. The highest BCUT2D eigenvalue weighted by Gasteiger charge is 2.14. The van der Waals surface area contributed by atoms with E-state index in [0.717, 1.165) is 4.47 Å². The summed E-state index contributed by atoms with van der Waals surface area (Å²) < 4.78 is 5.78. The third kappa shape index (κ3) is 3.44. The van der Waals surface area contributed by atoms with Gasteiger partial charge < -0.3 is 9.72 Å². The Kier molecular flexibility index (Phi) is 4.57. The summed E-state index contributed by atoms with van der Waals surface area (Å²) in [5.41, 5.74) is 0.704. The minimum Gasteiger partial charge on any atom is -0.453 e. The van der Waals surface area contributed by atoms with Crippen LogP contribution in [0, 0.1) is 0 Å². The van der Waals surface area contributed by atoms with Crippen molar-refractivity contribution >= 4 is 38.6 Å². The van der Waals surface area contributed by atoms with Crippen molar-refractivity contribution in [1.82, 2.24) is 4.98 Å². The van der Waals surface area contributed by atoms with Crippen LogP contribution in [0.15, 0.2) is 63.9 Å². The highest BCUT2D eigenvalue weighted by Crippen LogP contribution is 2.13. The van der Waals surface area contributed by atoms with Crippen molar-refractivity contribution in [3.05, 3.63) is 80.6 Å². The number of ketones is 1. The number of aromatic amines is 1. The normalized spacial score (nSPS) is 10.5. The fourth-order valence-electron chi connectivity index (χ4n) is 2.26. The van der Waals surface area contributed by atoms with Gasteiger partial charge in [-0.2, -0.15) is 0 Å². The molecule has 0 saturated carbocycles. The number of nitrogens with one attached hydrogen (secondary N) is 1. The molecule has 0 radical (unpaired) electrons. The zero-order valence-electron chi connectivity index (χ0n) is 12.4. The molecule has 5 nitrogen and oxygen atoms in total. The third-order valence-corrected chi connectivity index (χ3v) is 3.93. The molecule has 120 valence electrons. The highest BCUT2D eigenvalue weighted by molar-refractivity contribution is 9.10. The van der Waals surface area contributed by atoms with Crippen molar-refractivity contribution in [2.45, 2.75) is 0 Å². The molecule has 0 atom stereocenters. The number of Topliss-reactive ketones (excluding diaryl/α,β-unsaturated/α-hetero) is 1. The summed E-state index contributed by atoms with van der Waals surface area (Å²) in [5.74, 6) is -1.08. The largest absolute Gasteiger partial charge is 0.453 e. The maximum absolute atomic E-state index is 12.1. The summed E-state index contributed by atoms with van der Waals surface area (Å²) >= 11 is 3.28. The van der Waals surface area contributed by atoms with Crippen LogP contribution < -0.4 is 5.43 Å². The second kappa shape index (κ2) is 6.80. The van der Waals surface area contributed by atoms with E-state index in [-0.39, 0.29) is 16.9 Å². The molecule has 24 heavy (non-hydrogen) atoms. The molecule has 1 aromatic heterocycles. The SMILES string of the molecule is O=C(COC(=O)c1cc(=O)c2ccccc2[nH]1)c1cccc(Br)c1. The van der Waals surface area contributed by atoms with Gasteiger partial charge in [0.2, 0.25) is 0 Å². The first-order valence-electron chi connectivity index (χ1n) is 7.12. The van der Waals surface area contributed by atoms with Crippen LogP contribution in [-0.4, -0.2) is 23.3 Å². The minimum absolute atomic E-state index is 0.0146. The van der Waals surface area contributed by atoms with Crippen molar-refractivity contribution in [2.24, 2.45) is 0 Å². The monoisotopic (exact) mass is 385 g/mol. The molecule has 0 aliphatic carbocycles. The van der Waals surface area contributed by atoms with E-state index in [1.807, 2.05) is 0 Å². The molecule has 0 saturated heterocycles. The van der Waals surface area contributed by atoms with Gasteiger partial charge in [0.15, 0.2) is 17.8 Å². The lowest BCUT2D eigenvalue weighted by Gasteiger charge is -2.06. The smallest absolute Gasteiger partial charge is 0.355 e. The van der Waals surface area contributed by atoms with Crippen molar-refractivity contribution in [3.63, 3.8) is 0 Å². The first kappa shape index (κ1) is 16.1. The number of carbonyl (C=O) groups excluding carboxylic acids is 2. The molecule has 0 amide bonds. The lowest BCUT2D eigenvalue weighted by atomic mass is 10.1. The van der Waals surface area contributed by atoms with Gasteiger partial charge in [-0.25, -0.2) is 4.79 Å². The second-order valence-electron chi connectivity index (χ2n) is 5.10. The number of hydrogen-bond acceptors (Lipinski definition) is 4. The second-order valence-corrected chi connectivity index (χ2v) is 6.02. The summed E-state index contributed by atoms with van der Waals surface area (Å²) in [5, 5.41) is 0.485. The van der Waals surface area contributed by atoms with Crippen LogP contribution in [0.2, 0.25) is 0 Å². The fourth-order valence-corrected chi connectivity index (χ4v) is 2.66. The summed E-state index contributed by atoms with van der Waals surface area (Å²) in [6, 6.07) is 14.8. The van der Waals surface area contributed by atoms with Crippen molar-refractivity contribution in [1.29, 1.82) is 0 Å². The number of carbonyl (C=O) groups is 2. The van der Waals surface area contributed by atoms with E-state index in [4.69, 9.17) is 4.74 Å². The van der Waals surface area contributed by atoms with Gasteiger partial charge >= 0.3 is 5.97 Å². The van der Waals surface area contributed by atoms with E-state index in [9.17, 15) is 14.4 Å². The Bertz CT molecular complexity index is 993. The molecule has 0 unspecified atom stereocenters. The first-order valence-corrected chi connectivity index (χ1v) is 7.92. The third-order valence-electron chi connectivity index (χ3n) is 3.44. The molecule has 0 aliphatic heterocycles. The number of rotatable bonds is 4. The molecular weight excluding hydrogens is 374 g/mol. The molecule has 6 heteroatoms. The Morgan fingerprint density at radius 3 is 2.62 bits per heavy atom. The molecule has 1 heterocycles. The average molecular weight is 386 g/mol. The predicted octanol–water partition coefficient (Wildman–Crippen LogP) is 3.33. The molecule has 1 N–H and O–H groups in total. The summed E-state index contributed by atoms with van der Waals surface area (Å²) in [6.07, 6.45) is 0. The number of fused-ring (bicyclic) bond motifs is 1. The minimum atomic E-state index is -0.749. The zero-order chi connectivity index (χ0) is 17.1. The zero-order valence-corrected chi connectivity index (χ0v) is 14.0. The van der Waals surface area contributed by atoms with E-state index < -0.39 is 12.6 Å². The quantitative estimate of drug-likeness (QED) is 0.551. The van der Waals surface area contributed by atoms with Crippen LogP contribution >= 0.6 is 15.9 Å². The van der Waals surface area contributed by atoms with Crippen LogP contribution in [0.5, 0.6) is 0 Å². The number of para-hydroxylation sites is 1. The molecule has 3 aromatic rings. The Morgan fingerprint density at radius 1 is 1.04 bits per heavy atom. The number of aromatic nitrogens is 1. The summed E-state index contributed by atoms with van der Waals surface area (Å²) in [4.78, 5) is 39.0. The van der Waals surface area contributed by atoms with Gasteiger partial charge in [0.1, 0.15) is 5.69 Å². The standard InChI is InChI=1S/C18H12BrNO4/c19-12-5-3-4-11(8-12)17(22)10-24-18(23)15-9-16(21)13-6-1-2-7-14(13)20-15/h1-9H,10H2,(H,20,21). The molecular formula is C18H12BrNO4. The number of benzene rings is 2. The Labute approximate surface area is 145 Å². The van der Waals surface area contributed by atoms with E-state index in [1.165, 1.54) is 6.07 Å². The van der Waals surface area contributed by atoms with E-state index >= 15 is 0 Å². The first-order chi connectivity index (χ1) is 11.5. The maximum Gasteiger partial charge on any atom is 0.355 e. The molecule has 0 spiro atoms. The number of H-pyrrole nitrogens is 1. The Hall–Kier alpha value is -2.73. The Balaban J connectivity index is 1.76. The summed E-state index contributed by atoms with van der Waals surface area (Å²) in [6.45, 7) is -0.399. The number of hydrogen-bond donors (Lipinski definition) is 1. The van der Waals surface area contributed by atoms with Crippen LogP contribution in [0.4, 0.5) is 0 Å². The lowest BCUT2D eigenvalue weighted by molar-refractivity contribution is 0.0469. The molecule has 0 bridgehead atoms. The lowest BCUT2D eigenvalue weighted by Crippen LogP contribution is -2.17. The van der Waals surface area contributed by atoms with Gasteiger partial charge in [0, 0.05) is 27.0 Å². The highest BCUT2D eigenvalue weighted by atomic mass is 79.9. The van der Waals surface area contributed by atoms with Gasteiger partial charge in [-0.1, -0.05) is 40.2 Å².